The molecule has 0 aromatic carbocycles. The van der Waals surface area contributed by atoms with Gasteiger partial charge < -0.3 is 24.6 Å². The first-order valence-electron chi connectivity index (χ1n) is 15.3. The number of halogens is 2. The maximum atomic E-state index is 14.9. The van der Waals surface area contributed by atoms with Gasteiger partial charge in [-0.1, -0.05) is 0 Å². The van der Waals surface area contributed by atoms with Crippen molar-refractivity contribution < 1.29 is 37.7 Å². The van der Waals surface area contributed by atoms with Crippen molar-refractivity contribution in [2.75, 3.05) is 11.5 Å². The van der Waals surface area contributed by atoms with E-state index in [1.54, 1.807) is 52.3 Å². The molecule has 13 heteroatoms. The summed E-state index contributed by atoms with van der Waals surface area (Å²) < 4.78 is 47.9. The highest BCUT2D eigenvalue weighted by molar-refractivity contribution is 5.95. The molecule has 0 unspecified atom stereocenters. The molecule has 252 valence electrons. The van der Waals surface area contributed by atoms with E-state index in [9.17, 15) is 23.5 Å². The van der Waals surface area contributed by atoms with Crippen LogP contribution in [0.15, 0.2) is 24.4 Å². The van der Waals surface area contributed by atoms with Crippen molar-refractivity contribution in [1.82, 2.24) is 20.1 Å². The van der Waals surface area contributed by atoms with Gasteiger partial charge in [-0.15, -0.1) is 0 Å². The van der Waals surface area contributed by atoms with Crippen molar-refractivity contribution in [2.24, 2.45) is 0 Å². The molecule has 2 aromatic rings. The van der Waals surface area contributed by atoms with Crippen LogP contribution in [0.4, 0.5) is 29.9 Å². The number of aliphatic hydroxyl groups is 1. The van der Waals surface area contributed by atoms with Crippen molar-refractivity contribution in [2.45, 2.75) is 136 Å². The molecule has 2 aromatic heterocycles. The predicted molar refractivity (Wildman–Crippen MR) is 166 cm³/mol. The zero-order valence-corrected chi connectivity index (χ0v) is 28.1. The number of nitrogens with zero attached hydrogens (tertiary/aromatic N) is 4. The Hall–Kier alpha value is -3.48. The SMILES string of the molecule is C[C@H](NC(=O)OC(C)(C)C)C(F)(F)CCOc1cc(N(C(=O)OC(C)(C)C)c2cc([C@H]3CC[C@@H](O)C3)nn2C(C)(C)C)ccn1. The quantitative estimate of drug-likeness (QED) is 0.299. The van der Waals surface area contributed by atoms with Crippen LogP contribution in [0.3, 0.4) is 0 Å². The van der Waals surface area contributed by atoms with E-state index < -0.39 is 60.0 Å². The summed E-state index contributed by atoms with van der Waals surface area (Å²) in [5.74, 6) is -2.81. The highest BCUT2D eigenvalue weighted by Gasteiger charge is 2.38. The first-order chi connectivity index (χ1) is 20.6. The molecule has 1 aliphatic rings. The van der Waals surface area contributed by atoms with Gasteiger partial charge >= 0.3 is 12.2 Å². The van der Waals surface area contributed by atoms with Gasteiger partial charge in [0.15, 0.2) is 0 Å². The van der Waals surface area contributed by atoms with Crippen molar-refractivity contribution in [3.8, 4) is 5.88 Å². The third-order valence-electron chi connectivity index (χ3n) is 7.00. The summed E-state index contributed by atoms with van der Waals surface area (Å²) in [6.07, 6.45) is 0.736. The summed E-state index contributed by atoms with van der Waals surface area (Å²) in [4.78, 5) is 31.3. The monoisotopic (exact) mass is 637 g/mol. The second kappa shape index (κ2) is 13.5. The van der Waals surface area contributed by atoms with E-state index in [4.69, 9.17) is 19.3 Å². The molecule has 0 saturated heterocycles. The number of pyridine rings is 1. The number of aromatic nitrogens is 3. The summed E-state index contributed by atoms with van der Waals surface area (Å²) in [7, 11) is 0. The zero-order chi connectivity index (χ0) is 34.0. The van der Waals surface area contributed by atoms with Crippen LogP contribution in [0.25, 0.3) is 0 Å². The van der Waals surface area contributed by atoms with Crippen LogP contribution in [0.2, 0.25) is 0 Å². The van der Waals surface area contributed by atoms with Crippen LogP contribution in [0.5, 0.6) is 5.88 Å². The van der Waals surface area contributed by atoms with Gasteiger partial charge in [-0.25, -0.2) is 32.9 Å². The fourth-order valence-electron chi connectivity index (χ4n) is 4.82. The van der Waals surface area contributed by atoms with Gasteiger partial charge in [0.1, 0.15) is 17.0 Å². The Morgan fingerprint density at radius 2 is 1.71 bits per heavy atom. The molecule has 2 N–H and O–H groups in total. The van der Waals surface area contributed by atoms with E-state index in [1.165, 1.54) is 24.1 Å². The first-order valence-corrected chi connectivity index (χ1v) is 15.3. The first kappa shape index (κ1) is 36.0. The number of hydrogen-bond donors (Lipinski definition) is 2. The number of ether oxygens (including phenoxy) is 3. The van der Waals surface area contributed by atoms with Crippen molar-refractivity contribution in [1.29, 1.82) is 0 Å². The van der Waals surface area contributed by atoms with E-state index in [0.717, 1.165) is 12.1 Å². The van der Waals surface area contributed by atoms with Crippen LogP contribution in [-0.2, 0) is 15.0 Å². The van der Waals surface area contributed by atoms with Crippen LogP contribution in [0, 0.1) is 0 Å². The number of anilines is 2. The number of alkyl carbamates (subject to hydrolysis) is 1. The molecule has 0 radical (unpaired) electrons. The summed E-state index contributed by atoms with van der Waals surface area (Å²) in [5, 5.41) is 17.2. The van der Waals surface area contributed by atoms with E-state index in [1.807, 2.05) is 26.8 Å². The van der Waals surface area contributed by atoms with Gasteiger partial charge in [-0.3, -0.25) is 0 Å². The lowest BCUT2D eigenvalue weighted by Crippen LogP contribution is -2.47. The Bertz CT molecular complexity index is 1330. The Morgan fingerprint density at radius 1 is 1.07 bits per heavy atom. The lowest BCUT2D eigenvalue weighted by Gasteiger charge is -2.30. The van der Waals surface area contributed by atoms with Crippen LogP contribution in [-0.4, -0.2) is 67.9 Å². The molecule has 1 saturated carbocycles. The van der Waals surface area contributed by atoms with Gasteiger partial charge in [0.05, 0.1) is 35.7 Å². The van der Waals surface area contributed by atoms with E-state index in [-0.39, 0.29) is 11.8 Å². The Morgan fingerprint density at radius 3 is 2.27 bits per heavy atom. The third-order valence-corrected chi connectivity index (χ3v) is 7.00. The molecule has 1 fully saturated rings. The zero-order valence-electron chi connectivity index (χ0n) is 28.1. The number of carbonyl (C=O) groups excluding carboxylic acids is 2. The number of rotatable bonds is 9. The second-order valence-corrected chi connectivity index (χ2v) is 14.6. The molecule has 2 amide bonds. The van der Waals surface area contributed by atoms with Crippen molar-refractivity contribution >= 4 is 23.7 Å². The minimum absolute atomic E-state index is 0.0191. The van der Waals surface area contributed by atoms with Crippen molar-refractivity contribution in [3.63, 3.8) is 0 Å². The summed E-state index contributed by atoms with van der Waals surface area (Å²) in [6.45, 7) is 16.9. The van der Waals surface area contributed by atoms with Gasteiger partial charge in [0.2, 0.25) is 5.88 Å². The Kier molecular flexibility index (Phi) is 10.8. The number of aliphatic hydroxyl groups excluding tert-OH is 1. The number of amides is 2. The average molecular weight is 638 g/mol. The molecular weight excluding hydrogens is 588 g/mol. The van der Waals surface area contributed by atoms with Gasteiger partial charge in [0.25, 0.3) is 5.92 Å². The number of hydrogen-bond acceptors (Lipinski definition) is 8. The Balaban J connectivity index is 1.87. The number of nitrogens with one attached hydrogen (secondary N) is 1. The minimum Gasteiger partial charge on any atom is -0.477 e. The molecular formula is C32H49F2N5O6. The molecule has 0 bridgehead atoms. The number of alkyl halides is 2. The summed E-state index contributed by atoms with van der Waals surface area (Å²) in [6, 6.07) is 3.39. The fourth-order valence-corrected chi connectivity index (χ4v) is 4.82. The minimum atomic E-state index is -3.31. The van der Waals surface area contributed by atoms with E-state index in [0.29, 0.717) is 24.3 Å². The van der Waals surface area contributed by atoms with Gasteiger partial charge in [0, 0.05) is 30.7 Å². The normalized spacial score (nSPS) is 18.3. The lowest BCUT2D eigenvalue weighted by atomic mass is 10.0. The molecule has 45 heavy (non-hydrogen) atoms. The molecule has 11 nitrogen and oxygen atoms in total. The van der Waals surface area contributed by atoms with Gasteiger partial charge in [-0.05, 0) is 94.6 Å². The number of carbonyl (C=O) groups is 2. The second-order valence-electron chi connectivity index (χ2n) is 14.6. The molecule has 3 rings (SSSR count). The molecule has 1 aliphatic carbocycles. The molecule has 3 atom stereocenters. The van der Waals surface area contributed by atoms with Crippen molar-refractivity contribution in [3.05, 3.63) is 30.1 Å². The van der Waals surface area contributed by atoms with Crippen LogP contribution < -0.4 is 15.0 Å². The molecule has 2 heterocycles. The maximum absolute atomic E-state index is 14.9. The van der Waals surface area contributed by atoms with E-state index in [2.05, 4.69) is 10.3 Å². The van der Waals surface area contributed by atoms with Crippen LogP contribution in [0.1, 0.15) is 107 Å². The largest absolute Gasteiger partial charge is 0.477 e. The topological polar surface area (TPSA) is 128 Å². The standard InChI is InChI=1S/C32H49F2N5O6/c1-20(36-27(41)44-30(5,6)7)32(33,34)14-16-43-25-18-22(13-15-35-25)38(28(42)45-31(8,9)10)26-19-24(21-11-12-23(40)17-21)37-39(26)29(2,3)4/h13,15,18-21,23,40H,11-12,14,16-17H2,1-10H3,(H,36,41)/t20-,21-,23+/m0/s1. The van der Waals surface area contributed by atoms with Gasteiger partial charge in [-0.2, -0.15) is 5.10 Å². The smallest absolute Gasteiger partial charge is 0.420 e. The highest BCUT2D eigenvalue weighted by atomic mass is 19.3. The third kappa shape index (κ3) is 10.3. The van der Waals surface area contributed by atoms with Crippen LogP contribution >= 0.6 is 0 Å². The predicted octanol–water partition coefficient (Wildman–Crippen LogP) is 7.05. The van der Waals surface area contributed by atoms with E-state index >= 15 is 0 Å². The molecule has 0 spiro atoms. The molecule has 0 aliphatic heterocycles. The average Bonchev–Trinajstić information content (AvgIpc) is 3.48. The Labute approximate surface area is 264 Å². The summed E-state index contributed by atoms with van der Waals surface area (Å²) in [5.41, 5.74) is -1.08. The highest BCUT2D eigenvalue weighted by Crippen LogP contribution is 2.39. The fraction of sp³-hybridized carbons (Fsp3) is 0.688. The lowest BCUT2D eigenvalue weighted by molar-refractivity contribution is -0.0505. The maximum Gasteiger partial charge on any atom is 0.420 e. The summed E-state index contributed by atoms with van der Waals surface area (Å²) >= 11 is 0.